The van der Waals surface area contributed by atoms with E-state index in [1.54, 1.807) is 18.3 Å². The highest BCUT2D eigenvalue weighted by Gasteiger charge is 2.12. The van der Waals surface area contributed by atoms with E-state index >= 15 is 0 Å². The van der Waals surface area contributed by atoms with Crippen molar-refractivity contribution in [3.63, 3.8) is 0 Å². The highest BCUT2D eigenvalue weighted by Crippen LogP contribution is 2.23. The third-order valence-corrected chi connectivity index (χ3v) is 4.09. The number of fused-ring (bicyclic) bond motifs is 1. The fourth-order valence-corrected chi connectivity index (χ4v) is 2.79. The Balaban J connectivity index is 1.63. The van der Waals surface area contributed by atoms with Crippen LogP contribution in [-0.2, 0) is 0 Å². The number of pyridine rings is 1. The molecule has 25 heavy (non-hydrogen) atoms. The number of benzene rings is 2. The van der Waals surface area contributed by atoms with Crippen LogP contribution in [0.1, 0.15) is 10.4 Å². The molecule has 2 aromatic carbocycles. The van der Waals surface area contributed by atoms with E-state index in [9.17, 15) is 4.79 Å². The molecule has 6 heteroatoms. The second-order valence-electron chi connectivity index (χ2n) is 5.48. The molecule has 2 N–H and O–H groups in total. The Labute approximate surface area is 148 Å². The van der Waals surface area contributed by atoms with Crippen molar-refractivity contribution in [3.8, 4) is 11.4 Å². The SMILES string of the molecule is O=C(Nc1cccc(-c2nc3ccccc3[nH]2)c1)c1cccnc1Cl. The van der Waals surface area contributed by atoms with Gasteiger partial charge in [-0.2, -0.15) is 0 Å². The number of aromatic nitrogens is 3. The minimum absolute atomic E-state index is 0.174. The number of amides is 1. The predicted molar refractivity (Wildman–Crippen MR) is 98.7 cm³/mol. The van der Waals surface area contributed by atoms with E-state index in [0.29, 0.717) is 11.3 Å². The van der Waals surface area contributed by atoms with Gasteiger partial charge in [-0.1, -0.05) is 35.9 Å². The molecule has 0 spiro atoms. The number of H-pyrrole nitrogens is 1. The molecule has 0 radical (unpaired) electrons. The van der Waals surface area contributed by atoms with Crippen molar-refractivity contribution in [3.05, 3.63) is 77.6 Å². The average molecular weight is 349 g/mol. The van der Waals surface area contributed by atoms with Crippen LogP contribution in [0.25, 0.3) is 22.4 Å². The number of anilines is 1. The number of rotatable bonds is 3. The zero-order chi connectivity index (χ0) is 17.2. The Morgan fingerprint density at radius 3 is 2.76 bits per heavy atom. The molecule has 1 amide bonds. The lowest BCUT2D eigenvalue weighted by Gasteiger charge is -2.07. The van der Waals surface area contributed by atoms with E-state index in [0.717, 1.165) is 22.4 Å². The van der Waals surface area contributed by atoms with E-state index in [1.165, 1.54) is 0 Å². The molecule has 0 aliphatic rings. The standard InChI is InChI=1S/C19H13ClN4O/c20-17-14(7-4-10-21-17)19(25)22-13-6-3-5-12(11-13)18-23-15-8-1-2-9-16(15)24-18/h1-11H,(H,22,25)(H,23,24). The molecular formula is C19H13ClN4O. The molecule has 4 rings (SSSR count). The van der Waals surface area contributed by atoms with Gasteiger partial charge in [0.05, 0.1) is 16.6 Å². The van der Waals surface area contributed by atoms with Gasteiger partial charge in [0, 0.05) is 17.4 Å². The summed E-state index contributed by atoms with van der Waals surface area (Å²) in [5.41, 5.74) is 3.73. The number of hydrogen-bond acceptors (Lipinski definition) is 3. The van der Waals surface area contributed by atoms with Crippen LogP contribution < -0.4 is 5.32 Å². The highest BCUT2D eigenvalue weighted by atomic mass is 35.5. The van der Waals surface area contributed by atoms with E-state index in [2.05, 4.69) is 20.3 Å². The summed E-state index contributed by atoms with van der Waals surface area (Å²) in [5.74, 6) is 0.441. The normalized spacial score (nSPS) is 10.8. The van der Waals surface area contributed by atoms with Gasteiger partial charge in [0.25, 0.3) is 5.91 Å². The first kappa shape index (κ1) is 15.4. The quantitative estimate of drug-likeness (QED) is 0.534. The number of imidazole rings is 1. The number of carbonyl (C=O) groups excluding carboxylic acids is 1. The van der Waals surface area contributed by atoms with Crippen LogP contribution in [0.5, 0.6) is 0 Å². The van der Waals surface area contributed by atoms with E-state index in [4.69, 9.17) is 11.6 Å². The first-order chi connectivity index (χ1) is 12.2. The monoisotopic (exact) mass is 348 g/mol. The van der Waals surface area contributed by atoms with E-state index < -0.39 is 0 Å². The summed E-state index contributed by atoms with van der Waals surface area (Å²) in [6.07, 6.45) is 1.54. The van der Waals surface area contributed by atoms with Gasteiger partial charge in [0.2, 0.25) is 0 Å². The third-order valence-electron chi connectivity index (χ3n) is 3.79. The second-order valence-corrected chi connectivity index (χ2v) is 5.84. The number of para-hydroxylation sites is 2. The minimum atomic E-state index is -0.306. The molecule has 0 aliphatic heterocycles. The molecule has 4 aromatic rings. The maximum Gasteiger partial charge on any atom is 0.258 e. The average Bonchev–Trinajstić information content (AvgIpc) is 3.06. The number of carbonyl (C=O) groups is 1. The smallest absolute Gasteiger partial charge is 0.258 e. The van der Waals surface area contributed by atoms with Crippen LogP contribution >= 0.6 is 11.6 Å². The molecule has 0 bridgehead atoms. The van der Waals surface area contributed by atoms with E-state index in [-0.39, 0.29) is 11.1 Å². The van der Waals surface area contributed by atoms with Gasteiger partial charge in [-0.15, -0.1) is 0 Å². The molecule has 2 aromatic heterocycles. The summed E-state index contributed by atoms with van der Waals surface area (Å²) in [6, 6.07) is 18.6. The summed E-state index contributed by atoms with van der Waals surface area (Å²) >= 11 is 5.97. The molecule has 0 atom stereocenters. The van der Waals surface area contributed by atoms with Crippen molar-refractivity contribution >= 4 is 34.2 Å². The lowest BCUT2D eigenvalue weighted by atomic mass is 10.2. The van der Waals surface area contributed by atoms with Gasteiger partial charge in [-0.05, 0) is 36.4 Å². The predicted octanol–water partition coefficient (Wildman–Crippen LogP) is 4.53. The van der Waals surface area contributed by atoms with E-state index in [1.807, 2.05) is 48.5 Å². The van der Waals surface area contributed by atoms with Crippen LogP contribution in [0.4, 0.5) is 5.69 Å². The highest BCUT2D eigenvalue weighted by molar-refractivity contribution is 6.33. The number of nitrogens with one attached hydrogen (secondary N) is 2. The summed E-state index contributed by atoms with van der Waals surface area (Å²) < 4.78 is 0. The van der Waals surface area contributed by atoms with Crippen LogP contribution in [0.3, 0.4) is 0 Å². The Hall–Kier alpha value is -3.18. The number of aromatic amines is 1. The van der Waals surface area contributed by atoms with Crippen LogP contribution in [0, 0.1) is 0 Å². The number of nitrogens with zero attached hydrogens (tertiary/aromatic N) is 2. The summed E-state index contributed by atoms with van der Waals surface area (Å²) in [5, 5.41) is 3.01. The Morgan fingerprint density at radius 1 is 1.04 bits per heavy atom. The topological polar surface area (TPSA) is 70.7 Å². The molecule has 122 valence electrons. The van der Waals surface area contributed by atoms with Gasteiger partial charge in [-0.3, -0.25) is 4.79 Å². The van der Waals surface area contributed by atoms with Gasteiger partial charge in [0.1, 0.15) is 11.0 Å². The number of hydrogen-bond donors (Lipinski definition) is 2. The zero-order valence-corrected chi connectivity index (χ0v) is 13.8. The zero-order valence-electron chi connectivity index (χ0n) is 13.0. The molecule has 0 aliphatic carbocycles. The first-order valence-corrected chi connectivity index (χ1v) is 8.05. The van der Waals surface area contributed by atoms with Crippen molar-refractivity contribution in [1.29, 1.82) is 0 Å². The summed E-state index contributed by atoms with van der Waals surface area (Å²) in [4.78, 5) is 24.1. The molecular weight excluding hydrogens is 336 g/mol. The molecule has 0 saturated carbocycles. The first-order valence-electron chi connectivity index (χ1n) is 7.68. The van der Waals surface area contributed by atoms with Crippen molar-refractivity contribution in [2.45, 2.75) is 0 Å². The third kappa shape index (κ3) is 3.09. The Morgan fingerprint density at radius 2 is 1.92 bits per heavy atom. The molecule has 0 fully saturated rings. The summed E-state index contributed by atoms with van der Waals surface area (Å²) in [6.45, 7) is 0. The maximum absolute atomic E-state index is 12.4. The van der Waals surface area contributed by atoms with Crippen LogP contribution in [0.15, 0.2) is 66.9 Å². The Kier molecular flexibility index (Phi) is 3.91. The van der Waals surface area contributed by atoms with Gasteiger partial charge >= 0.3 is 0 Å². The van der Waals surface area contributed by atoms with Crippen LogP contribution in [0.2, 0.25) is 5.15 Å². The van der Waals surface area contributed by atoms with Gasteiger partial charge in [0.15, 0.2) is 0 Å². The lowest BCUT2D eigenvalue weighted by Crippen LogP contribution is -2.12. The van der Waals surface area contributed by atoms with Crippen molar-refractivity contribution in [1.82, 2.24) is 15.0 Å². The fourth-order valence-electron chi connectivity index (χ4n) is 2.59. The van der Waals surface area contributed by atoms with Crippen molar-refractivity contribution < 1.29 is 4.79 Å². The lowest BCUT2D eigenvalue weighted by molar-refractivity contribution is 0.102. The van der Waals surface area contributed by atoms with Crippen molar-refractivity contribution in [2.75, 3.05) is 5.32 Å². The van der Waals surface area contributed by atoms with Gasteiger partial charge in [-0.25, -0.2) is 9.97 Å². The Bertz CT molecular complexity index is 1040. The molecule has 0 unspecified atom stereocenters. The largest absolute Gasteiger partial charge is 0.338 e. The number of halogens is 1. The summed E-state index contributed by atoms with van der Waals surface area (Å²) in [7, 11) is 0. The molecule has 5 nitrogen and oxygen atoms in total. The minimum Gasteiger partial charge on any atom is -0.338 e. The fraction of sp³-hybridized carbons (Fsp3) is 0. The van der Waals surface area contributed by atoms with Gasteiger partial charge < -0.3 is 10.3 Å². The second kappa shape index (κ2) is 6.37. The van der Waals surface area contributed by atoms with Crippen molar-refractivity contribution in [2.24, 2.45) is 0 Å². The molecule has 2 heterocycles. The maximum atomic E-state index is 12.4. The molecule has 0 saturated heterocycles. The van der Waals surface area contributed by atoms with Crippen LogP contribution in [-0.4, -0.2) is 20.9 Å².